The van der Waals surface area contributed by atoms with Crippen molar-refractivity contribution >= 4 is 9.04 Å². The molecule has 1 rings (SSSR count). The summed E-state index contributed by atoms with van der Waals surface area (Å²) in [5, 5.41) is 0. The molecule has 0 heterocycles. The van der Waals surface area contributed by atoms with E-state index < -0.39 is 9.04 Å². The molecule has 0 spiro atoms. The van der Waals surface area contributed by atoms with Crippen LogP contribution in [0, 0.1) is 0 Å². The first-order valence-electron chi connectivity index (χ1n) is 6.01. The van der Waals surface area contributed by atoms with E-state index in [2.05, 4.69) is 30.3 Å². The number of hydrogen-bond donors (Lipinski definition) is 1. The Labute approximate surface area is 94.9 Å². The monoisotopic (exact) mass is 222 g/mol. The minimum absolute atomic E-state index is 1.09. The highest BCUT2D eigenvalue weighted by atomic mass is 28.3. The molecule has 0 aliphatic carbocycles. The van der Waals surface area contributed by atoms with Gasteiger partial charge in [0.25, 0.3) is 0 Å². The first-order chi connectivity index (χ1) is 7.29. The van der Waals surface area contributed by atoms with Crippen molar-refractivity contribution in [2.24, 2.45) is 0 Å². The molecule has 0 saturated heterocycles. The maximum absolute atomic E-state index is 9.23. The Morgan fingerprint density at radius 3 is 2.33 bits per heavy atom. The average molecular weight is 222 g/mol. The Bertz CT molecular complexity index is 246. The fraction of sp³-hybridized carbons (Fsp3) is 0.538. The standard InChI is InChI=1S/C13H22OSi/c1-15(14)12-8-3-2-5-9-13-10-6-4-7-11-13/h4,6-7,10-11,14-15H,2-3,5,8-9,12H2,1H3. The summed E-state index contributed by atoms with van der Waals surface area (Å²) in [6.07, 6.45) is 6.29. The maximum atomic E-state index is 9.23. The SMILES string of the molecule is C[SiH](O)CCCCCCc1ccccc1. The van der Waals surface area contributed by atoms with Crippen molar-refractivity contribution in [2.45, 2.75) is 44.7 Å². The first-order valence-corrected chi connectivity index (χ1v) is 8.50. The van der Waals surface area contributed by atoms with Crippen LogP contribution in [0.4, 0.5) is 0 Å². The lowest BCUT2D eigenvalue weighted by Crippen LogP contribution is -2.03. The third kappa shape index (κ3) is 6.47. The van der Waals surface area contributed by atoms with Crippen molar-refractivity contribution in [3.05, 3.63) is 35.9 Å². The predicted molar refractivity (Wildman–Crippen MR) is 68.7 cm³/mol. The van der Waals surface area contributed by atoms with E-state index in [0.717, 1.165) is 6.04 Å². The molecule has 0 amide bonds. The quantitative estimate of drug-likeness (QED) is 0.555. The lowest BCUT2D eigenvalue weighted by Gasteiger charge is -2.03. The average Bonchev–Trinajstić information content (AvgIpc) is 2.24. The summed E-state index contributed by atoms with van der Waals surface area (Å²) in [4.78, 5) is 9.23. The van der Waals surface area contributed by atoms with Crippen LogP contribution in [0.25, 0.3) is 0 Å². The molecule has 1 aromatic carbocycles. The van der Waals surface area contributed by atoms with Gasteiger partial charge >= 0.3 is 0 Å². The lowest BCUT2D eigenvalue weighted by molar-refractivity contribution is 0.564. The van der Waals surface area contributed by atoms with Gasteiger partial charge in [0.15, 0.2) is 9.04 Å². The van der Waals surface area contributed by atoms with Gasteiger partial charge in [0.05, 0.1) is 0 Å². The van der Waals surface area contributed by atoms with Gasteiger partial charge in [-0.2, -0.15) is 0 Å². The Hall–Kier alpha value is -0.603. The zero-order valence-corrected chi connectivity index (χ0v) is 10.8. The van der Waals surface area contributed by atoms with E-state index in [1.807, 2.05) is 6.55 Å². The van der Waals surface area contributed by atoms with E-state index >= 15 is 0 Å². The van der Waals surface area contributed by atoms with E-state index in [1.165, 1.54) is 37.7 Å². The summed E-state index contributed by atoms with van der Waals surface area (Å²) in [7, 11) is -1.28. The highest BCUT2D eigenvalue weighted by Crippen LogP contribution is 2.09. The number of benzene rings is 1. The van der Waals surface area contributed by atoms with Crippen LogP contribution in [0.1, 0.15) is 31.2 Å². The van der Waals surface area contributed by atoms with Gasteiger partial charge in [-0.1, -0.05) is 49.6 Å². The van der Waals surface area contributed by atoms with Gasteiger partial charge in [0.1, 0.15) is 0 Å². The van der Waals surface area contributed by atoms with Crippen LogP contribution < -0.4 is 0 Å². The summed E-state index contributed by atoms with van der Waals surface area (Å²) < 4.78 is 0. The van der Waals surface area contributed by atoms with Crippen LogP contribution in [-0.4, -0.2) is 13.8 Å². The second-order valence-corrected chi connectivity index (χ2v) is 6.56. The Balaban J connectivity index is 1.98. The molecule has 2 heteroatoms. The van der Waals surface area contributed by atoms with Crippen molar-refractivity contribution in [2.75, 3.05) is 0 Å². The van der Waals surface area contributed by atoms with Crippen molar-refractivity contribution < 1.29 is 4.80 Å². The third-order valence-electron chi connectivity index (χ3n) is 2.68. The van der Waals surface area contributed by atoms with Gasteiger partial charge in [0, 0.05) is 0 Å². The molecular weight excluding hydrogens is 200 g/mol. The van der Waals surface area contributed by atoms with Crippen molar-refractivity contribution in [1.82, 2.24) is 0 Å². The second-order valence-electron chi connectivity index (χ2n) is 4.29. The summed E-state index contributed by atoms with van der Waals surface area (Å²) >= 11 is 0. The second kappa shape index (κ2) is 7.66. The molecule has 0 aromatic heterocycles. The first kappa shape index (κ1) is 12.5. The normalized spacial score (nSPS) is 12.7. The molecule has 0 fully saturated rings. The summed E-state index contributed by atoms with van der Waals surface area (Å²) in [5.74, 6) is 0. The highest BCUT2D eigenvalue weighted by molar-refractivity contribution is 6.48. The molecule has 0 saturated carbocycles. The van der Waals surface area contributed by atoms with Crippen LogP contribution in [0.3, 0.4) is 0 Å². The predicted octanol–water partition coefficient (Wildman–Crippen LogP) is 3.14. The minimum Gasteiger partial charge on any atom is -0.435 e. The van der Waals surface area contributed by atoms with Crippen molar-refractivity contribution in [1.29, 1.82) is 0 Å². The summed E-state index contributed by atoms with van der Waals surface area (Å²) in [5.41, 5.74) is 1.45. The van der Waals surface area contributed by atoms with E-state index in [0.29, 0.717) is 0 Å². The molecule has 84 valence electrons. The van der Waals surface area contributed by atoms with Crippen LogP contribution in [-0.2, 0) is 6.42 Å². The Kier molecular flexibility index (Phi) is 6.36. The molecule has 0 radical (unpaired) electrons. The molecule has 0 aliphatic rings. The van der Waals surface area contributed by atoms with Gasteiger partial charge in [-0.05, 0) is 31.0 Å². The molecule has 0 aliphatic heterocycles. The molecule has 1 N–H and O–H groups in total. The molecule has 1 unspecified atom stereocenters. The van der Waals surface area contributed by atoms with Crippen molar-refractivity contribution in [3.8, 4) is 0 Å². The van der Waals surface area contributed by atoms with Gasteiger partial charge < -0.3 is 4.80 Å². The van der Waals surface area contributed by atoms with Crippen LogP contribution in [0.5, 0.6) is 0 Å². The molecule has 1 aromatic rings. The van der Waals surface area contributed by atoms with Gasteiger partial charge in [0.2, 0.25) is 0 Å². The zero-order chi connectivity index (χ0) is 10.9. The Morgan fingerprint density at radius 1 is 1.00 bits per heavy atom. The summed E-state index contributed by atoms with van der Waals surface area (Å²) in [6, 6.07) is 11.8. The third-order valence-corrected chi connectivity index (χ3v) is 3.92. The van der Waals surface area contributed by atoms with Crippen LogP contribution in [0.2, 0.25) is 12.6 Å². The molecule has 15 heavy (non-hydrogen) atoms. The Morgan fingerprint density at radius 2 is 1.67 bits per heavy atom. The van der Waals surface area contributed by atoms with Gasteiger partial charge in [-0.3, -0.25) is 0 Å². The van der Waals surface area contributed by atoms with Crippen LogP contribution >= 0.6 is 0 Å². The number of unbranched alkanes of at least 4 members (excludes halogenated alkanes) is 3. The fourth-order valence-electron chi connectivity index (χ4n) is 1.77. The molecular formula is C13H22OSi. The topological polar surface area (TPSA) is 20.2 Å². The molecule has 0 bridgehead atoms. The van der Waals surface area contributed by atoms with E-state index in [1.54, 1.807) is 0 Å². The van der Waals surface area contributed by atoms with E-state index in [4.69, 9.17) is 0 Å². The molecule has 1 nitrogen and oxygen atoms in total. The number of rotatable bonds is 7. The van der Waals surface area contributed by atoms with E-state index in [9.17, 15) is 4.80 Å². The number of hydrogen-bond acceptors (Lipinski definition) is 1. The zero-order valence-electron chi connectivity index (χ0n) is 9.65. The minimum atomic E-state index is -1.28. The number of aryl methyl sites for hydroxylation is 1. The fourth-order valence-corrected chi connectivity index (χ4v) is 2.65. The maximum Gasteiger partial charge on any atom is 0.169 e. The highest BCUT2D eigenvalue weighted by Gasteiger charge is 1.98. The summed E-state index contributed by atoms with van der Waals surface area (Å²) in [6.45, 7) is 2.00. The van der Waals surface area contributed by atoms with E-state index in [-0.39, 0.29) is 0 Å². The largest absolute Gasteiger partial charge is 0.435 e. The molecule has 1 atom stereocenters. The van der Waals surface area contributed by atoms with Gasteiger partial charge in [-0.25, -0.2) is 0 Å². The lowest BCUT2D eigenvalue weighted by atomic mass is 10.1. The van der Waals surface area contributed by atoms with Gasteiger partial charge in [-0.15, -0.1) is 0 Å². The van der Waals surface area contributed by atoms with Crippen LogP contribution in [0.15, 0.2) is 30.3 Å². The smallest absolute Gasteiger partial charge is 0.169 e. The van der Waals surface area contributed by atoms with Crippen molar-refractivity contribution in [3.63, 3.8) is 0 Å².